The van der Waals surface area contributed by atoms with Crippen molar-refractivity contribution in [1.82, 2.24) is 4.98 Å². The average molecular weight is 245 g/mol. The van der Waals surface area contributed by atoms with Gasteiger partial charge in [-0.05, 0) is 12.1 Å². The number of anilines is 1. The lowest BCUT2D eigenvalue weighted by Crippen LogP contribution is -2.37. The van der Waals surface area contributed by atoms with E-state index in [4.69, 9.17) is 10.4 Å². The van der Waals surface area contributed by atoms with E-state index >= 15 is 0 Å². The monoisotopic (exact) mass is 245 g/mol. The molecule has 1 rings (SSSR count). The van der Waals surface area contributed by atoms with Gasteiger partial charge in [-0.2, -0.15) is 18.4 Å². The molecule has 0 aliphatic carbocycles. The predicted octanol–water partition coefficient (Wildman–Crippen LogP) is 1.31. The van der Waals surface area contributed by atoms with Crippen LogP contribution in [0, 0.1) is 11.3 Å². The second-order valence-corrected chi connectivity index (χ2v) is 3.25. The van der Waals surface area contributed by atoms with E-state index in [1.54, 1.807) is 6.07 Å². The van der Waals surface area contributed by atoms with E-state index in [-0.39, 0.29) is 17.9 Å². The molecule has 1 aromatic rings. The van der Waals surface area contributed by atoms with E-state index in [2.05, 4.69) is 4.98 Å². The minimum atomic E-state index is -4.42. The first-order valence-corrected chi connectivity index (χ1v) is 4.75. The molecule has 0 saturated carbocycles. The quantitative estimate of drug-likeness (QED) is 0.868. The first-order chi connectivity index (χ1) is 7.98. The van der Waals surface area contributed by atoms with Gasteiger partial charge in [-0.3, -0.25) is 0 Å². The van der Waals surface area contributed by atoms with Crippen LogP contribution in [-0.4, -0.2) is 36.0 Å². The van der Waals surface area contributed by atoms with Crippen molar-refractivity contribution in [3.05, 3.63) is 23.9 Å². The van der Waals surface area contributed by atoms with Crippen molar-refractivity contribution in [1.29, 1.82) is 5.26 Å². The summed E-state index contributed by atoms with van der Waals surface area (Å²) in [6.07, 6.45) is -3.11. The Morgan fingerprint density at radius 3 is 2.71 bits per heavy atom. The van der Waals surface area contributed by atoms with Gasteiger partial charge >= 0.3 is 6.18 Å². The van der Waals surface area contributed by atoms with E-state index < -0.39 is 19.3 Å². The summed E-state index contributed by atoms with van der Waals surface area (Å²) >= 11 is 0. The number of nitriles is 1. The SMILES string of the molecule is N#Cc1cccnc1N(CCO)CC(F)(F)F. The zero-order valence-electron chi connectivity index (χ0n) is 8.78. The summed E-state index contributed by atoms with van der Waals surface area (Å²) in [7, 11) is 0. The van der Waals surface area contributed by atoms with E-state index in [1.807, 2.05) is 0 Å². The maximum Gasteiger partial charge on any atom is 0.405 e. The number of aliphatic hydroxyl groups is 1. The molecule has 92 valence electrons. The van der Waals surface area contributed by atoms with Gasteiger partial charge in [-0.1, -0.05) is 0 Å². The van der Waals surface area contributed by atoms with Crippen molar-refractivity contribution in [2.24, 2.45) is 0 Å². The zero-order valence-corrected chi connectivity index (χ0v) is 8.78. The molecule has 17 heavy (non-hydrogen) atoms. The Hall–Kier alpha value is -1.81. The normalized spacial score (nSPS) is 11.0. The molecule has 0 aromatic carbocycles. The van der Waals surface area contributed by atoms with Gasteiger partial charge in [0.1, 0.15) is 18.4 Å². The fourth-order valence-corrected chi connectivity index (χ4v) is 1.33. The van der Waals surface area contributed by atoms with Crippen LogP contribution in [0.1, 0.15) is 5.56 Å². The Kier molecular flexibility index (Phi) is 4.29. The van der Waals surface area contributed by atoms with Gasteiger partial charge < -0.3 is 10.0 Å². The van der Waals surface area contributed by atoms with Gasteiger partial charge in [0, 0.05) is 12.7 Å². The average Bonchev–Trinajstić information content (AvgIpc) is 2.27. The summed E-state index contributed by atoms with van der Waals surface area (Å²) < 4.78 is 36.9. The molecule has 4 nitrogen and oxygen atoms in total. The maximum absolute atomic E-state index is 12.3. The molecule has 1 N–H and O–H groups in total. The van der Waals surface area contributed by atoms with Crippen LogP contribution >= 0.6 is 0 Å². The third kappa shape index (κ3) is 3.92. The van der Waals surface area contributed by atoms with Crippen LogP contribution < -0.4 is 4.90 Å². The summed E-state index contributed by atoms with van der Waals surface area (Å²) in [6.45, 7) is -1.93. The van der Waals surface area contributed by atoms with Crippen molar-refractivity contribution in [2.75, 3.05) is 24.6 Å². The van der Waals surface area contributed by atoms with Crippen molar-refractivity contribution >= 4 is 5.82 Å². The van der Waals surface area contributed by atoms with Crippen LogP contribution in [0.3, 0.4) is 0 Å². The van der Waals surface area contributed by atoms with Crippen LogP contribution in [0.25, 0.3) is 0 Å². The summed E-state index contributed by atoms with van der Waals surface area (Å²) in [6, 6.07) is 4.61. The molecular formula is C10H10F3N3O. The molecule has 0 radical (unpaired) electrons. The molecular weight excluding hydrogens is 235 g/mol. The van der Waals surface area contributed by atoms with Crippen LogP contribution in [-0.2, 0) is 0 Å². The molecule has 0 amide bonds. The van der Waals surface area contributed by atoms with Gasteiger partial charge in [-0.25, -0.2) is 4.98 Å². The molecule has 0 atom stereocenters. The topological polar surface area (TPSA) is 60.2 Å². The van der Waals surface area contributed by atoms with Crippen molar-refractivity contribution in [3.63, 3.8) is 0 Å². The third-order valence-electron chi connectivity index (χ3n) is 1.95. The van der Waals surface area contributed by atoms with Crippen molar-refractivity contribution in [2.45, 2.75) is 6.18 Å². The molecule has 0 fully saturated rings. The fraction of sp³-hybridized carbons (Fsp3) is 0.400. The summed E-state index contributed by atoms with van der Waals surface area (Å²) in [5.74, 6) is -0.0682. The molecule has 0 spiro atoms. The van der Waals surface area contributed by atoms with Gasteiger partial charge in [0.2, 0.25) is 0 Å². The smallest absolute Gasteiger partial charge is 0.395 e. The number of aliphatic hydroxyl groups excluding tert-OH is 1. The van der Waals surface area contributed by atoms with Gasteiger partial charge in [-0.15, -0.1) is 0 Å². The lowest BCUT2D eigenvalue weighted by atomic mass is 10.2. The minimum absolute atomic E-state index is 0.0465. The number of pyridine rings is 1. The highest BCUT2D eigenvalue weighted by Gasteiger charge is 2.31. The van der Waals surface area contributed by atoms with Crippen molar-refractivity contribution in [3.8, 4) is 6.07 Å². The van der Waals surface area contributed by atoms with E-state index in [1.165, 1.54) is 18.3 Å². The Morgan fingerprint density at radius 2 is 2.18 bits per heavy atom. The highest BCUT2D eigenvalue weighted by atomic mass is 19.4. The van der Waals surface area contributed by atoms with Crippen molar-refractivity contribution < 1.29 is 18.3 Å². The van der Waals surface area contributed by atoms with Gasteiger partial charge in [0.25, 0.3) is 0 Å². The Bertz CT molecular complexity index is 414. The van der Waals surface area contributed by atoms with E-state index in [0.717, 1.165) is 4.90 Å². The molecule has 1 aromatic heterocycles. The summed E-state index contributed by atoms with van der Waals surface area (Å²) in [5, 5.41) is 17.5. The molecule has 0 aliphatic heterocycles. The van der Waals surface area contributed by atoms with E-state index in [0.29, 0.717) is 0 Å². The molecule has 1 heterocycles. The Balaban J connectivity index is 3.01. The standard InChI is InChI=1S/C10H10F3N3O/c11-10(12,13)7-16(4-5-17)9-8(6-14)2-1-3-15-9/h1-3,17H,4-5,7H2. The summed E-state index contributed by atoms with van der Waals surface area (Å²) in [4.78, 5) is 4.58. The first-order valence-electron chi connectivity index (χ1n) is 4.75. The van der Waals surface area contributed by atoms with Crippen LogP contribution in [0.4, 0.5) is 19.0 Å². The maximum atomic E-state index is 12.3. The number of alkyl halides is 3. The van der Waals surface area contributed by atoms with E-state index in [9.17, 15) is 13.2 Å². The van der Waals surface area contributed by atoms with Gasteiger partial charge in [0.05, 0.1) is 12.2 Å². The number of rotatable bonds is 4. The van der Waals surface area contributed by atoms with Crippen LogP contribution in [0.2, 0.25) is 0 Å². The molecule has 0 aliphatic rings. The minimum Gasteiger partial charge on any atom is -0.395 e. The number of hydrogen-bond acceptors (Lipinski definition) is 4. The number of hydrogen-bond donors (Lipinski definition) is 1. The highest BCUT2D eigenvalue weighted by Crippen LogP contribution is 2.22. The number of halogens is 3. The number of aromatic nitrogens is 1. The highest BCUT2D eigenvalue weighted by molar-refractivity contribution is 5.53. The first kappa shape index (κ1) is 13.3. The predicted molar refractivity (Wildman–Crippen MR) is 54.3 cm³/mol. The zero-order chi connectivity index (χ0) is 12.9. The lowest BCUT2D eigenvalue weighted by molar-refractivity contribution is -0.120. The Labute approximate surface area is 95.9 Å². The number of nitrogens with zero attached hydrogens (tertiary/aromatic N) is 3. The second kappa shape index (κ2) is 5.50. The third-order valence-corrected chi connectivity index (χ3v) is 1.95. The molecule has 0 bridgehead atoms. The Morgan fingerprint density at radius 1 is 1.47 bits per heavy atom. The largest absolute Gasteiger partial charge is 0.405 e. The lowest BCUT2D eigenvalue weighted by Gasteiger charge is -2.24. The van der Waals surface area contributed by atoms with Gasteiger partial charge in [0.15, 0.2) is 0 Å². The summed E-state index contributed by atoms with van der Waals surface area (Å²) in [5.41, 5.74) is 0.0465. The molecule has 0 saturated heterocycles. The molecule has 7 heteroatoms. The fourth-order valence-electron chi connectivity index (χ4n) is 1.33. The molecule has 0 unspecified atom stereocenters. The second-order valence-electron chi connectivity index (χ2n) is 3.25. The van der Waals surface area contributed by atoms with Crippen LogP contribution in [0.5, 0.6) is 0 Å². The van der Waals surface area contributed by atoms with Crippen LogP contribution in [0.15, 0.2) is 18.3 Å².